The summed E-state index contributed by atoms with van der Waals surface area (Å²) in [6.45, 7) is 1.69. The molecule has 0 fully saturated rings. The van der Waals surface area contributed by atoms with Crippen molar-refractivity contribution >= 4 is 5.82 Å². The Balaban J connectivity index is 2.64. The van der Waals surface area contributed by atoms with Crippen molar-refractivity contribution in [1.82, 2.24) is 9.78 Å². The van der Waals surface area contributed by atoms with Crippen LogP contribution in [0.5, 0.6) is 0 Å². The van der Waals surface area contributed by atoms with Gasteiger partial charge in [0.25, 0.3) is 0 Å². The van der Waals surface area contributed by atoms with Gasteiger partial charge in [0, 0.05) is 5.56 Å². The van der Waals surface area contributed by atoms with E-state index in [0.717, 1.165) is 10.7 Å². The summed E-state index contributed by atoms with van der Waals surface area (Å²) in [6, 6.07) is 5.19. The maximum Gasteiger partial charge on any atom is 0.418 e. The summed E-state index contributed by atoms with van der Waals surface area (Å²) in [5, 5.41) is 3.85. The van der Waals surface area contributed by atoms with E-state index in [1.807, 2.05) is 0 Å². The second kappa shape index (κ2) is 3.80. The first kappa shape index (κ1) is 11.5. The molecule has 2 N–H and O–H groups in total. The summed E-state index contributed by atoms with van der Waals surface area (Å²) in [4.78, 5) is 0. The summed E-state index contributed by atoms with van der Waals surface area (Å²) in [6.07, 6.45) is -2.99. The summed E-state index contributed by atoms with van der Waals surface area (Å²) < 4.78 is 39.5. The molecule has 0 saturated heterocycles. The van der Waals surface area contributed by atoms with Crippen LogP contribution < -0.4 is 5.73 Å². The zero-order chi connectivity index (χ0) is 12.6. The highest BCUT2D eigenvalue weighted by molar-refractivity contribution is 5.50. The van der Waals surface area contributed by atoms with Crippen LogP contribution in [-0.2, 0) is 6.18 Å². The van der Waals surface area contributed by atoms with E-state index in [9.17, 15) is 13.2 Å². The smallest absolute Gasteiger partial charge is 0.383 e. The van der Waals surface area contributed by atoms with Gasteiger partial charge in [0.15, 0.2) is 0 Å². The highest BCUT2D eigenvalue weighted by Crippen LogP contribution is 2.34. The molecule has 0 spiro atoms. The number of para-hydroxylation sites is 1. The van der Waals surface area contributed by atoms with Crippen molar-refractivity contribution in [2.24, 2.45) is 0 Å². The Morgan fingerprint density at radius 3 is 2.41 bits per heavy atom. The predicted molar refractivity (Wildman–Crippen MR) is 57.7 cm³/mol. The quantitative estimate of drug-likeness (QED) is 0.834. The second-order valence-corrected chi connectivity index (χ2v) is 3.64. The van der Waals surface area contributed by atoms with Gasteiger partial charge in [-0.25, -0.2) is 4.68 Å². The number of alkyl halides is 3. The number of aromatic nitrogens is 2. The molecule has 0 saturated carbocycles. The first-order valence-electron chi connectivity index (χ1n) is 4.88. The molecule has 0 unspecified atom stereocenters. The van der Waals surface area contributed by atoms with Crippen molar-refractivity contribution < 1.29 is 13.2 Å². The number of hydrogen-bond acceptors (Lipinski definition) is 2. The van der Waals surface area contributed by atoms with Crippen molar-refractivity contribution in [3.63, 3.8) is 0 Å². The Morgan fingerprint density at radius 2 is 1.88 bits per heavy atom. The minimum atomic E-state index is -4.43. The molecule has 0 atom stereocenters. The number of nitrogen functional groups attached to an aromatic ring is 1. The molecule has 0 amide bonds. The third-order valence-corrected chi connectivity index (χ3v) is 2.44. The average Bonchev–Trinajstić information content (AvgIpc) is 2.59. The summed E-state index contributed by atoms with van der Waals surface area (Å²) in [5.41, 5.74) is 5.50. The van der Waals surface area contributed by atoms with Crippen LogP contribution in [0, 0.1) is 6.92 Å². The van der Waals surface area contributed by atoms with Crippen LogP contribution in [0.1, 0.15) is 11.1 Å². The molecular formula is C11H10F3N3. The summed E-state index contributed by atoms with van der Waals surface area (Å²) in [5.74, 6) is 0.210. The Labute approximate surface area is 95.7 Å². The van der Waals surface area contributed by atoms with E-state index in [0.29, 0.717) is 5.56 Å². The van der Waals surface area contributed by atoms with E-state index in [1.54, 1.807) is 6.92 Å². The van der Waals surface area contributed by atoms with Crippen LogP contribution in [0.2, 0.25) is 0 Å². The lowest BCUT2D eigenvalue weighted by Gasteiger charge is -2.13. The van der Waals surface area contributed by atoms with E-state index in [1.165, 1.54) is 24.4 Å². The van der Waals surface area contributed by atoms with Crippen LogP contribution in [0.3, 0.4) is 0 Å². The van der Waals surface area contributed by atoms with E-state index in [-0.39, 0.29) is 11.5 Å². The fourth-order valence-corrected chi connectivity index (χ4v) is 1.53. The lowest BCUT2D eigenvalue weighted by atomic mass is 10.1. The molecule has 1 heterocycles. The van der Waals surface area contributed by atoms with Gasteiger partial charge in [-0.05, 0) is 19.1 Å². The monoisotopic (exact) mass is 241 g/mol. The number of hydrogen-bond donors (Lipinski definition) is 1. The van der Waals surface area contributed by atoms with Crippen LogP contribution in [-0.4, -0.2) is 9.78 Å². The number of aryl methyl sites for hydroxylation is 1. The number of nitrogens with zero attached hydrogens (tertiary/aromatic N) is 2. The van der Waals surface area contributed by atoms with Crippen molar-refractivity contribution in [3.05, 3.63) is 41.6 Å². The first-order chi connectivity index (χ1) is 7.91. The number of nitrogens with two attached hydrogens (primary N) is 1. The molecular weight excluding hydrogens is 231 g/mol. The van der Waals surface area contributed by atoms with E-state index >= 15 is 0 Å². The zero-order valence-electron chi connectivity index (χ0n) is 8.99. The minimum Gasteiger partial charge on any atom is -0.383 e. The van der Waals surface area contributed by atoms with Crippen molar-refractivity contribution in [2.45, 2.75) is 13.1 Å². The summed E-state index contributed by atoms with van der Waals surface area (Å²) in [7, 11) is 0. The second-order valence-electron chi connectivity index (χ2n) is 3.64. The van der Waals surface area contributed by atoms with Gasteiger partial charge in [-0.2, -0.15) is 18.3 Å². The Kier molecular flexibility index (Phi) is 2.57. The average molecular weight is 241 g/mol. The number of halogens is 3. The van der Waals surface area contributed by atoms with Gasteiger partial charge in [0.2, 0.25) is 0 Å². The maximum atomic E-state index is 12.8. The first-order valence-corrected chi connectivity index (χ1v) is 4.88. The lowest BCUT2D eigenvalue weighted by molar-refractivity contribution is -0.137. The molecule has 0 aliphatic carbocycles. The van der Waals surface area contributed by atoms with Gasteiger partial charge in [-0.3, -0.25) is 0 Å². The molecule has 1 aromatic heterocycles. The Morgan fingerprint density at radius 1 is 1.24 bits per heavy atom. The van der Waals surface area contributed by atoms with E-state index < -0.39 is 11.7 Å². The normalized spacial score (nSPS) is 11.8. The molecule has 1 aromatic carbocycles. The largest absolute Gasteiger partial charge is 0.418 e. The van der Waals surface area contributed by atoms with Gasteiger partial charge >= 0.3 is 6.18 Å². The van der Waals surface area contributed by atoms with Crippen LogP contribution in [0.25, 0.3) is 5.69 Å². The molecule has 0 aliphatic heterocycles. The van der Waals surface area contributed by atoms with Crippen molar-refractivity contribution in [3.8, 4) is 5.69 Å². The highest BCUT2D eigenvalue weighted by atomic mass is 19.4. The number of anilines is 1. The van der Waals surface area contributed by atoms with Crippen LogP contribution >= 0.6 is 0 Å². The molecule has 90 valence electrons. The van der Waals surface area contributed by atoms with Crippen molar-refractivity contribution in [2.75, 3.05) is 5.73 Å². The van der Waals surface area contributed by atoms with Crippen LogP contribution in [0.15, 0.2) is 30.5 Å². The van der Waals surface area contributed by atoms with Crippen molar-refractivity contribution in [1.29, 1.82) is 0 Å². The molecule has 0 bridgehead atoms. The number of benzene rings is 1. The van der Waals surface area contributed by atoms with Gasteiger partial charge in [-0.15, -0.1) is 0 Å². The molecule has 2 aromatic rings. The van der Waals surface area contributed by atoms with Crippen LogP contribution in [0.4, 0.5) is 19.0 Å². The van der Waals surface area contributed by atoms with E-state index in [4.69, 9.17) is 5.73 Å². The fourth-order valence-electron chi connectivity index (χ4n) is 1.53. The lowest BCUT2D eigenvalue weighted by Crippen LogP contribution is -2.12. The van der Waals surface area contributed by atoms with Gasteiger partial charge in [0.1, 0.15) is 5.82 Å². The van der Waals surface area contributed by atoms with Gasteiger partial charge in [-0.1, -0.05) is 12.1 Å². The summed E-state index contributed by atoms with van der Waals surface area (Å²) >= 11 is 0. The standard InChI is InChI=1S/C11H10F3N3/c1-7-6-16-17(10(7)15)9-5-3-2-4-8(9)11(12,13)14/h2-6H,15H2,1H3. The third kappa shape index (κ3) is 1.98. The third-order valence-electron chi connectivity index (χ3n) is 2.44. The predicted octanol–water partition coefficient (Wildman–Crippen LogP) is 2.78. The minimum absolute atomic E-state index is 0.0643. The molecule has 17 heavy (non-hydrogen) atoms. The topological polar surface area (TPSA) is 43.8 Å². The van der Waals surface area contributed by atoms with Gasteiger partial charge in [0.05, 0.1) is 17.4 Å². The Hall–Kier alpha value is -1.98. The molecule has 6 heteroatoms. The number of rotatable bonds is 1. The molecule has 0 radical (unpaired) electrons. The van der Waals surface area contributed by atoms with E-state index in [2.05, 4.69) is 5.10 Å². The fraction of sp³-hybridized carbons (Fsp3) is 0.182. The zero-order valence-corrected chi connectivity index (χ0v) is 8.99. The Bertz CT molecular complexity index is 543. The molecule has 3 nitrogen and oxygen atoms in total. The van der Waals surface area contributed by atoms with Gasteiger partial charge < -0.3 is 5.73 Å². The SMILES string of the molecule is Cc1cnn(-c2ccccc2C(F)(F)F)c1N. The maximum absolute atomic E-state index is 12.8. The molecule has 2 rings (SSSR count). The highest BCUT2D eigenvalue weighted by Gasteiger charge is 2.34. The molecule has 0 aliphatic rings.